The van der Waals surface area contributed by atoms with Gasteiger partial charge in [-0.1, -0.05) is 6.92 Å². The molecule has 4 nitrogen and oxygen atoms in total. The SMILES string of the molecule is CC(=O)C1=C/C=C2/OCC[C@]2(C)C/C(C(=O)O)=C\1. The summed E-state index contributed by atoms with van der Waals surface area (Å²) in [5.41, 5.74) is 0.385. The first kappa shape index (κ1) is 12.6. The molecule has 4 heteroatoms. The quantitative estimate of drug-likeness (QED) is 0.813. The zero-order valence-electron chi connectivity index (χ0n) is 10.5. The number of hydrogen-bond acceptors (Lipinski definition) is 3. The van der Waals surface area contributed by atoms with E-state index in [1.54, 1.807) is 12.2 Å². The Morgan fingerprint density at radius 3 is 2.72 bits per heavy atom. The van der Waals surface area contributed by atoms with Crippen LogP contribution in [0.25, 0.3) is 0 Å². The Kier molecular flexibility index (Phi) is 3.11. The van der Waals surface area contributed by atoms with Gasteiger partial charge in [-0.15, -0.1) is 0 Å². The number of carbonyl (C=O) groups is 2. The number of carboxylic acid groups (broad SMARTS) is 1. The molecule has 0 aromatic heterocycles. The van der Waals surface area contributed by atoms with Gasteiger partial charge in [-0.3, -0.25) is 4.79 Å². The highest BCUT2D eigenvalue weighted by Gasteiger charge is 2.38. The number of ether oxygens (including phenoxy) is 1. The van der Waals surface area contributed by atoms with Crippen LogP contribution in [-0.4, -0.2) is 23.5 Å². The summed E-state index contributed by atoms with van der Waals surface area (Å²) in [7, 11) is 0. The van der Waals surface area contributed by atoms with E-state index < -0.39 is 5.97 Å². The molecule has 2 aliphatic rings. The van der Waals surface area contributed by atoms with Crippen molar-refractivity contribution in [1.29, 1.82) is 0 Å². The van der Waals surface area contributed by atoms with E-state index in [1.807, 2.05) is 6.92 Å². The number of hydrogen-bond donors (Lipinski definition) is 1. The molecule has 0 aromatic rings. The van der Waals surface area contributed by atoms with E-state index in [1.165, 1.54) is 13.0 Å². The lowest BCUT2D eigenvalue weighted by molar-refractivity contribution is -0.133. The lowest BCUT2D eigenvalue weighted by Crippen LogP contribution is -2.20. The maximum atomic E-state index is 11.4. The number of carbonyl (C=O) groups excluding carboxylic acids is 1. The summed E-state index contributed by atoms with van der Waals surface area (Å²) >= 11 is 0. The first-order chi connectivity index (χ1) is 8.42. The fourth-order valence-electron chi connectivity index (χ4n) is 2.34. The molecule has 2 rings (SSSR count). The third kappa shape index (κ3) is 2.23. The van der Waals surface area contributed by atoms with Crippen molar-refractivity contribution < 1.29 is 19.4 Å². The molecule has 0 saturated carbocycles. The van der Waals surface area contributed by atoms with Crippen LogP contribution in [0.3, 0.4) is 0 Å². The molecule has 1 heterocycles. The fourth-order valence-corrected chi connectivity index (χ4v) is 2.34. The van der Waals surface area contributed by atoms with Crippen LogP contribution < -0.4 is 0 Å². The van der Waals surface area contributed by atoms with Crippen LogP contribution in [-0.2, 0) is 14.3 Å². The van der Waals surface area contributed by atoms with Crippen LogP contribution in [0.1, 0.15) is 26.7 Å². The highest BCUT2D eigenvalue weighted by Crippen LogP contribution is 2.44. The third-order valence-corrected chi connectivity index (χ3v) is 3.51. The van der Waals surface area contributed by atoms with Gasteiger partial charge >= 0.3 is 5.97 Å². The van der Waals surface area contributed by atoms with Crippen LogP contribution in [0, 0.1) is 5.41 Å². The first-order valence-electron chi connectivity index (χ1n) is 5.92. The molecule has 96 valence electrons. The second kappa shape index (κ2) is 4.44. The summed E-state index contributed by atoms with van der Waals surface area (Å²) in [5.74, 6) is -0.350. The van der Waals surface area contributed by atoms with Crippen molar-refractivity contribution in [3.8, 4) is 0 Å². The van der Waals surface area contributed by atoms with E-state index in [4.69, 9.17) is 4.74 Å². The molecular formula is C14H16O4. The number of carboxylic acids is 1. The molecule has 0 amide bonds. The highest BCUT2D eigenvalue weighted by molar-refractivity contribution is 5.99. The van der Waals surface area contributed by atoms with Gasteiger partial charge in [0.15, 0.2) is 5.78 Å². The van der Waals surface area contributed by atoms with E-state index >= 15 is 0 Å². The standard InChI is InChI=1S/C14H16O4/c1-9(15)10-3-4-12-14(2,5-6-18-12)8-11(7-10)13(16)17/h3-4,7H,5-6,8H2,1-2H3,(H,16,17)/b10-3+,11-7+,12-4+/t14-/m1/s1. The minimum atomic E-state index is -0.975. The number of ketones is 1. The van der Waals surface area contributed by atoms with Gasteiger partial charge in [0.05, 0.1) is 6.61 Å². The molecule has 1 aliphatic carbocycles. The van der Waals surface area contributed by atoms with Gasteiger partial charge < -0.3 is 9.84 Å². The molecule has 1 aliphatic heterocycles. The number of aliphatic carboxylic acids is 1. The molecule has 0 aromatic carbocycles. The van der Waals surface area contributed by atoms with Crippen LogP contribution in [0.4, 0.5) is 0 Å². The number of Topliss-reactive ketones (excluding diaryl/α,β-unsaturated/α-hetero) is 1. The largest absolute Gasteiger partial charge is 0.497 e. The summed E-state index contributed by atoms with van der Waals surface area (Å²) in [6.45, 7) is 4.02. The van der Waals surface area contributed by atoms with Gasteiger partial charge in [0.1, 0.15) is 5.76 Å². The molecule has 1 saturated heterocycles. The third-order valence-electron chi connectivity index (χ3n) is 3.51. The second-order valence-corrected chi connectivity index (χ2v) is 5.02. The van der Waals surface area contributed by atoms with Crippen molar-refractivity contribution in [2.24, 2.45) is 5.41 Å². The first-order valence-corrected chi connectivity index (χ1v) is 5.92. The van der Waals surface area contributed by atoms with Crippen LogP contribution in [0.2, 0.25) is 0 Å². The average Bonchev–Trinajstić information content (AvgIpc) is 2.59. The average molecular weight is 248 g/mol. The summed E-state index contributed by atoms with van der Waals surface area (Å²) in [6.07, 6.45) is 6.09. The van der Waals surface area contributed by atoms with E-state index in [-0.39, 0.29) is 16.8 Å². The van der Waals surface area contributed by atoms with Crippen LogP contribution >= 0.6 is 0 Å². The Balaban J connectivity index is 2.50. The monoisotopic (exact) mass is 248 g/mol. The Hall–Kier alpha value is -1.84. The Morgan fingerprint density at radius 1 is 1.39 bits per heavy atom. The predicted molar refractivity (Wildman–Crippen MR) is 65.9 cm³/mol. The van der Waals surface area contributed by atoms with Crippen LogP contribution in [0.5, 0.6) is 0 Å². The Labute approximate surface area is 106 Å². The minimum Gasteiger partial charge on any atom is -0.497 e. The van der Waals surface area contributed by atoms with Crippen molar-refractivity contribution in [3.63, 3.8) is 0 Å². The van der Waals surface area contributed by atoms with E-state index in [0.717, 1.165) is 12.2 Å². The topological polar surface area (TPSA) is 63.6 Å². The van der Waals surface area contributed by atoms with Gasteiger partial charge in [-0.05, 0) is 38.0 Å². The lowest BCUT2D eigenvalue weighted by atomic mass is 9.78. The summed E-state index contributed by atoms with van der Waals surface area (Å²) in [6, 6.07) is 0. The smallest absolute Gasteiger partial charge is 0.331 e. The zero-order chi connectivity index (χ0) is 13.3. The highest BCUT2D eigenvalue weighted by atomic mass is 16.5. The van der Waals surface area contributed by atoms with Crippen molar-refractivity contribution in [2.75, 3.05) is 6.61 Å². The van der Waals surface area contributed by atoms with Crippen molar-refractivity contribution in [1.82, 2.24) is 0 Å². The van der Waals surface area contributed by atoms with Gasteiger partial charge in [0, 0.05) is 16.6 Å². The Morgan fingerprint density at radius 2 is 2.11 bits per heavy atom. The zero-order valence-corrected chi connectivity index (χ0v) is 10.5. The summed E-state index contributed by atoms with van der Waals surface area (Å²) in [4.78, 5) is 22.7. The predicted octanol–water partition coefficient (Wildman–Crippen LogP) is 2.23. The van der Waals surface area contributed by atoms with Crippen molar-refractivity contribution in [3.05, 3.63) is 35.1 Å². The van der Waals surface area contributed by atoms with Crippen LogP contribution in [0.15, 0.2) is 35.1 Å². The molecule has 0 radical (unpaired) electrons. The molecule has 0 unspecified atom stereocenters. The van der Waals surface area contributed by atoms with E-state index in [0.29, 0.717) is 18.6 Å². The van der Waals surface area contributed by atoms with Gasteiger partial charge in [-0.2, -0.15) is 0 Å². The number of allylic oxidation sites excluding steroid dienone is 5. The number of rotatable bonds is 2. The molecule has 18 heavy (non-hydrogen) atoms. The molecule has 0 spiro atoms. The van der Waals surface area contributed by atoms with Crippen molar-refractivity contribution >= 4 is 11.8 Å². The maximum Gasteiger partial charge on any atom is 0.331 e. The van der Waals surface area contributed by atoms with Gasteiger partial charge in [0.25, 0.3) is 0 Å². The van der Waals surface area contributed by atoms with Crippen molar-refractivity contribution in [2.45, 2.75) is 26.7 Å². The van der Waals surface area contributed by atoms with E-state index in [2.05, 4.69) is 0 Å². The number of fused-ring (bicyclic) bond motifs is 1. The normalized spacial score (nSPS) is 35.6. The Bertz CT molecular complexity index is 496. The van der Waals surface area contributed by atoms with E-state index in [9.17, 15) is 14.7 Å². The van der Waals surface area contributed by atoms with Gasteiger partial charge in [0.2, 0.25) is 0 Å². The fraction of sp³-hybridized carbons (Fsp3) is 0.429. The summed E-state index contributed by atoms with van der Waals surface area (Å²) < 4.78 is 5.54. The van der Waals surface area contributed by atoms with Gasteiger partial charge in [-0.25, -0.2) is 4.79 Å². The molecule has 1 atom stereocenters. The molecule has 1 N–H and O–H groups in total. The molecule has 0 bridgehead atoms. The maximum absolute atomic E-state index is 11.4. The minimum absolute atomic E-state index is 0.146. The lowest BCUT2D eigenvalue weighted by Gasteiger charge is -2.24. The summed E-state index contributed by atoms with van der Waals surface area (Å²) in [5, 5.41) is 9.22. The second-order valence-electron chi connectivity index (χ2n) is 5.02. The molecule has 1 fully saturated rings. The molecular weight excluding hydrogens is 232 g/mol.